The minimum Gasteiger partial charge on any atom is -0.427 e. The predicted octanol–water partition coefficient (Wildman–Crippen LogP) is 3.56. The summed E-state index contributed by atoms with van der Waals surface area (Å²) in [4.78, 5) is 31.4. The van der Waals surface area contributed by atoms with Crippen LogP contribution in [-0.4, -0.2) is 34.0 Å². The molecule has 7 heteroatoms. The molecule has 1 aliphatic rings. The quantitative estimate of drug-likeness (QED) is 0.796. The van der Waals surface area contributed by atoms with Gasteiger partial charge in [-0.3, -0.25) is 4.79 Å². The van der Waals surface area contributed by atoms with E-state index in [4.69, 9.17) is 8.94 Å². The summed E-state index contributed by atoms with van der Waals surface area (Å²) in [6.45, 7) is 8.82. The normalized spacial score (nSPS) is 16.5. The van der Waals surface area contributed by atoms with Crippen LogP contribution in [0, 0.1) is 13.8 Å². The second kappa shape index (κ2) is 8.06. The van der Waals surface area contributed by atoms with Crippen LogP contribution in [0.5, 0.6) is 0 Å². The summed E-state index contributed by atoms with van der Waals surface area (Å²) in [6, 6.07) is 1.84. The highest BCUT2D eigenvalue weighted by Crippen LogP contribution is 2.27. The minimum atomic E-state index is -0.533. The van der Waals surface area contributed by atoms with Gasteiger partial charge in [-0.2, -0.15) is 4.98 Å². The lowest BCUT2D eigenvalue weighted by Crippen LogP contribution is -2.40. The third-order valence-electron chi connectivity index (χ3n) is 5.28. The van der Waals surface area contributed by atoms with Gasteiger partial charge < -0.3 is 13.8 Å². The van der Waals surface area contributed by atoms with E-state index in [9.17, 15) is 9.59 Å². The van der Waals surface area contributed by atoms with Crippen molar-refractivity contribution in [2.75, 3.05) is 13.1 Å². The number of nitrogens with zero attached hydrogens (tertiary/aromatic N) is 3. The van der Waals surface area contributed by atoms with E-state index in [0.29, 0.717) is 36.1 Å². The SMILES string of the molecule is CCCC(C)c1cc(C)c(C(=O)N2CCC(c3noc(C)n3)CC2)c(=O)o1. The van der Waals surface area contributed by atoms with E-state index < -0.39 is 5.63 Å². The molecule has 0 saturated carbocycles. The molecule has 7 nitrogen and oxygen atoms in total. The van der Waals surface area contributed by atoms with Crippen LogP contribution in [0.2, 0.25) is 0 Å². The van der Waals surface area contributed by atoms with Gasteiger partial charge in [-0.25, -0.2) is 4.79 Å². The summed E-state index contributed by atoms with van der Waals surface area (Å²) in [5.41, 5.74) is 0.301. The summed E-state index contributed by atoms with van der Waals surface area (Å²) < 4.78 is 10.5. The van der Waals surface area contributed by atoms with Crippen molar-refractivity contribution in [2.45, 2.75) is 65.2 Å². The first-order valence-corrected chi connectivity index (χ1v) is 9.64. The highest BCUT2D eigenvalue weighted by Gasteiger charge is 2.29. The zero-order valence-electron chi connectivity index (χ0n) is 16.4. The molecule has 1 atom stereocenters. The van der Waals surface area contributed by atoms with Crippen LogP contribution in [0.25, 0.3) is 0 Å². The van der Waals surface area contributed by atoms with Crippen molar-refractivity contribution < 1.29 is 13.7 Å². The number of hydrogen-bond donors (Lipinski definition) is 0. The Morgan fingerprint density at radius 1 is 1.33 bits per heavy atom. The molecule has 0 spiro atoms. The van der Waals surface area contributed by atoms with Gasteiger partial charge in [0.2, 0.25) is 5.89 Å². The molecule has 146 valence electrons. The number of amides is 1. The van der Waals surface area contributed by atoms with Crippen molar-refractivity contribution in [2.24, 2.45) is 0 Å². The Labute approximate surface area is 158 Å². The first-order valence-electron chi connectivity index (χ1n) is 9.64. The zero-order valence-corrected chi connectivity index (χ0v) is 16.4. The second-order valence-corrected chi connectivity index (χ2v) is 7.42. The van der Waals surface area contributed by atoms with Crippen LogP contribution in [0.4, 0.5) is 0 Å². The Morgan fingerprint density at radius 2 is 2.04 bits per heavy atom. The Morgan fingerprint density at radius 3 is 2.59 bits per heavy atom. The molecule has 2 aromatic rings. The van der Waals surface area contributed by atoms with Crippen LogP contribution in [0.1, 0.15) is 84.8 Å². The highest BCUT2D eigenvalue weighted by atomic mass is 16.5. The molecule has 2 aromatic heterocycles. The molecule has 1 fully saturated rings. The van der Waals surface area contributed by atoms with Crippen molar-refractivity contribution in [3.8, 4) is 0 Å². The minimum absolute atomic E-state index is 0.149. The van der Waals surface area contributed by atoms with Gasteiger partial charge in [0, 0.05) is 31.8 Å². The maximum atomic E-state index is 12.9. The van der Waals surface area contributed by atoms with Gasteiger partial charge in [-0.1, -0.05) is 25.4 Å². The fraction of sp³-hybridized carbons (Fsp3) is 0.600. The summed E-state index contributed by atoms with van der Waals surface area (Å²) in [5.74, 6) is 2.00. The van der Waals surface area contributed by atoms with Crippen LogP contribution >= 0.6 is 0 Å². The van der Waals surface area contributed by atoms with Crippen LogP contribution < -0.4 is 5.63 Å². The van der Waals surface area contributed by atoms with Crippen LogP contribution in [0.3, 0.4) is 0 Å². The Hall–Kier alpha value is -2.44. The van der Waals surface area contributed by atoms with Crippen molar-refractivity contribution in [3.05, 3.63) is 45.1 Å². The number of aromatic nitrogens is 2. The number of likely N-dealkylation sites (tertiary alicyclic amines) is 1. The van der Waals surface area contributed by atoms with E-state index in [-0.39, 0.29) is 23.3 Å². The van der Waals surface area contributed by atoms with E-state index in [1.807, 2.05) is 13.0 Å². The first-order chi connectivity index (χ1) is 12.9. The summed E-state index contributed by atoms with van der Waals surface area (Å²) in [7, 11) is 0. The number of carbonyl (C=O) groups is 1. The highest BCUT2D eigenvalue weighted by molar-refractivity contribution is 5.95. The van der Waals surface area contributed by atoms with Crippen molar-refractivity contribution in [1.29, 1.82) is 0 Å². The molecule has 0 bridgehead atoms. The van der Waals surface area contributed by atoms with Gasteiger partial charge in [0.1, 0.15) is 11.3 Å². The van der Waals surface area contributed by atoms with Crippen LogP contribution in [0.15, 0.2) is 19.8 Å². The first kappa shape index (κ1) is 19.3. The van der Waals surface area contributed by atoms with E-state index in [1.165, 1.54) is 0 Å². The van der Waals surface area contributed by atoms with Gasteiger partial charge >= 0.3 is 5.63 Å². The van der Waals surface area contributed by atoms with Gasteiger partial charge in [-0.15, -0.1) is 0 Å². The molecule has 0 N–H and O–H groups in total. The molecule has 0 aromatic carbocycles. The summed E-state index contributed by atoms with van der Waals surface area (Å²) in [5, 5.41) is 3.98. The number of hydrogen-bond acceptors (Lipinski definition) is 6. The van der Waals surface area contributed by atoms with E-state index in [0.717, 1.165) is 25.7 Å². The average Bonchev–Trinajstić information content (AvgIpc) is 3.07. The molecule has 27 heavy (non-hydrogen) atoms. The number of carbonyl (C=O) groups excluding carboxylic acids is 1. The molecule has 3 rings (SSSR count). The van der Waals surface area contributed by atoms with E-state index in [1.54, 1.807) is 18.7 Å². The zero-order chi connectivity index (χ0) is 19.6. The predicted molar refractivity (Wildman–Crippen MR) is 100.0 cm³/mol. The number of piperidine rings is 1. The second-order valence-electron chi connectivity index (χ2n) is 7.42. The Bertz CT molecular complexity index is 862. The Balaban J connectivity index is 1.72. The smallest absolute Gasteiger partial charge is 0.349 e. The van der Waals surface area contributed by atoms with Crippen molar-refractivity contribution in [1.82, 2.24) is 15.0 Å². The fourth-order valence-corrected chi connectivity index (χ4v) is 3.69. The standard InChI is InChI=1S/C20H27N3O4/c1-5-6-12(2)16-11-13(3)17(20(25)26-16)19(24)23-9-7-15(8-10-23)18-21-14(4)27-22-18/h11-12,15H,5-10H2,1-4H3. The summed E-state index contributed by atoms with van der Waals surface area (Å²) in [6.07, 6.45) is 3.46. The maximum absolute atomic E-state index is 12.9. The van der Waals surface area contributed by atoms with Gasteiger partial charge in [0.05, 0.1) is 0 Å². The average molecular weight is 373 g/mol. The maximum Gasteiger partial charge on any atom is 0.349 e. The summed E-state index contributed by atoms with van der Waals surface area (Å²) >= 11 is 0. The van der Waals surface area contributed by atoms with Gasteiger partial charge in [-0.05, 0) is 37.8 Å². The van der Waals surface area contributed by atoms with Crippen molar-refractivity contribution >= 4 is 5.91 Å². The largest absolute Gasteiger partial charge is 0.427 e. The molecule has 1 saturated heterocycles. The lowest BCUT2D eigenvalue weighted by atomic mass is 9.95. The van der Waals surface area contributed by atoms with Crippen molar-refractivity contribution in [3.63, 3.8) is 0 Å². The van der Waals surface area contributed by atoms with E-state index in [2.05, 4.69) is 17.1 Å². The molecular formula is C20H27N3O4. The molecule has 1 unspecified atom stereocenters. The van der Waals surface area contributed by atoms with Gasteiger partial charge in [0.15, 0.2) is 5.82 Å². The molecular weight excluding hydrogens is 346 g/mol. The third kappa shape index (κ3) is 4.12. The molecule has 1 amide bonds. The molecule has 3 heterocycles. The molecule has 0 aliphatic carbocycles. The Kier molecular flexibility index (Phi) is 5.77. The monoisotopic (exact) mass is 373 g/mol. The molecule has 0 radical (unpaired) electrons. The fourth-order valence-electron chi connectivity index (χ4n) is 3.69. The number of rotatable bonds is 5. The lowest BCUT2D eigenvalue weighted by molar-refractivity contribution is 0.0704. The van der Waals surface area contributed by atoms with Gasteiger partial charge in [0.25, 0.3) is 5.91 Å². The topological polar surface area (TPSA) is 89.4 Å². The van der Waals surface area contributed by atoms with E-state index >= 15 is 0 Å². The number of aryl methyl sites for hydroxylation is 2. The van der Waals surface area contributed by atoms with Crippen LogP contribution in [-0.2, 0) is 0 Å². The molecule has 1 aliphatic heterocycles. The lowest BCUT2D eigenvalue weighted by Gasteiger charge is -2.30. The third-order valence-corrected chi connectivity index (χ3v) is 5.28.